The fourth-order valence-corrected chi connectivity index (χ4v) is 4.72. The normalized spacial score (nSPS) is 11.3. The smallest absolute Gasteiger partial charge is 0.234 e. The number of anilines is 2. The minimum atomic E-state index is -3.53. The van der Waals surface area contributed by atoms with Crippen molar-refractivity contribution in [2.45, 2.75) is 25.2 Å². The predicted molar refractivity (Wildman–Crippen MR) is 124 cm³/mol. The van der Waals surface area contributed by atoms with Crippen LogP contribution in [-0.2, 0) is 27.9 Å². The van der Waals surface area contributed by atoms with Crippen molar-refractivity contribution in [2.24, 2.45) is 0 Å². The number of para-hydroxylation sites is 2. The lowest BCUT2D eigenvalue weighted by Gasteiger charge is -2.22. The van der Waals surface area contributed by atoms with Gasteiger partial charge in [0.05, 0.1) is 35.0 Å². The van der Waals surface area contributed by atoms with Crippen LogP contribution in [0.15, 0.2) is 59.8 Å². The first-order valence-corrected chi connectivity index (χ1v) is 12.6. The maximum Gasteiger partial charge on any atom is 0.234 e. The third-order valence-electron chi connectivity index (χ3n) is 4.32. The first-order chi connectivity index (χ1) is 14.8. The SMILES string of the molecule is CCn1c(CN(c2ccccc2)S(C)(=O)=O)nnc1SCC(=O)Nc1ccccc1Cl. The Labute approximate surface area is 190 Å². The molecule has 0 spiro atoms. The molecule has 0 fully saturated rings. The van der Waals surface area contributed by atoms with E-state index in [-0.39, 0.29) is 18.2 Å². The summed E-state index contributed by atoms with van der Waals surface area (Å²) in [5.74, 6) is 0.371. The van der Waals surface area contributed by atoms with Crippen LogP contribution in [0.2, 0.25) is 5.02 Å². The lowest BCUT2D eigenvalue weighted by Crippen LogP contribution is -2.30. The van der Waals surface area contributed by atoms with E-state index in [4.69, 9.17) is 11.6 Å². The zero-order chi connectivity index (χ0) is 22.4. The lowest BCUT2D eigenvalue weighted by atomic mass is 10.3. The van der Waals surface area contributed by atoms with Gasteiger partial charge in [0.15, 0.2) is 11.0 Å². The molecule has 1 heterocycles. The number of hydrogen-bond donors (Lipinski definition) is 1. The van der Waals surface area contributed by atoms with Crippen LogP contribution < -0.4 is 9.62 Å². The average Bonchev–Trinajstić information content (AvgIpc) is 3.13. The van der Waals surface area contributed by atoms with Crippen LogP contribution in [0.4, 0.5) is 11.4 Å². The summed E-state index contributed by atoms with van der Waals surface area (Å²) in [5.41, 5.74) is 1.09. The highest BCUT2D eigenvalue weighted by atomic mass is 35.5. The monoisotopic (exact) mass is 479 g/mol. The summed E-state index contributed by atoms with van der Waals surface area (Å²) in [7, 11) is -3.53. The molecule has 0 aliphatic rings. The quantitative estimate of drug-likeness (QED) is 0.470. The molecule has 1 aromatic heterocycles. The topological polar surface area (TPSA) is 97.2 Å². The number of halogens is 1. The lowest BCUT2D eigenvalue weighted by molar-refractivity contribution is -0.113. The zero-order valence-electron chi connectivity index (χ0n) is 17.0. The Hall–Kier alpha value is -2.56. The molecule has 11 heteroatoms. The molecule has 3 aromatic rings. The molecule has 0 atom stereocenters. The van der Waals surface area contributed by atoms with E-state index in [1.54, 1.807) is 53.1 Å². The van der Waals surface area contributed by atoms with E-state index in [0.29, 0.717) is 33.9 Å². The number of rotatable bonds is 9. The molecule has 1 N–H and O–H groups in total. The summed E-state index contributed by atoms with van der Waals surface area (Å²) in [6.07, 6.45) is 1.15. The molecule has 0 bridgehead atoms. The van der Waals surface area contributed by atoms with Crippen molar-refractivity contribution in [3.8, 4) is 0 Å². The van der Waals surface area contributed by atoms with E-state index in [2.05, 4.69) is 15.5 Å². The molecule has 0 radical (unpaired) electrons. The number of benzene rings is 2. The first kappa shape index (κ1) is 23.1. The molecule has 0 saturated carbocycles. The molecule has 8 nitrogen and oxygen atoms in total. The Kier molecular flexibility index (Phi) is 7.58. The van der Waals surface area contributed by atoms with Crippen molar-refractivity contribution >= 4 is 50.7 Å². The maximum absolute atomic E-state index is 12.4. The Morgan fingerprint density at radius 1 is 1.13 bits per heavy atom. The number of hydrogen-bond acceptors (Lipinski definition) is 6. The number of carbonyl (C=O) groups is 1. The van der Waals surface area contributed by atoms with Crippen LogP contribution in [0.25, 0.3) is 0 Å². The summed E-state index contributed by atoms with van der Waals surface area (Å²) < 4.78 is 27.8. The summed E-state index contributed by atoms with van der Waals surface area (Å²) in [5, 5.41) is 12.1. The van der Waals surface area contributed by atoms with Gasteiger partial charge >= 0.3 is 0 Å². The maximum atomic E-state index is 12.4. The Morgan fingerprint density at radius 2 is 1.81 bits per heavy atom. The minimum absolute atomic E-state index is 0.0378. The van der Waals surface area contributed by atoms with Crippen molar-refractivity contribution in [1.82, 2.24) is 14.8 Å². The van der Waals surface area contributed by atoms with Gasteiger partial charge in [-0.05, 0) is 31.2 Å². The number of thioether (sulfide) groups is 1. The highest BCUT2D eigenvalue weighted by Gasteiger charge is 2.22. The second kappa shape index (κ2) is 10.2. The van der Waals surface area contributed by atoms with Gasteiger partial charge in [-0.1, -0.05) is 53.7 Å². The van der Waals surface area contributed by atoms with Crippen molar-refractivity contribution in [1.29, 1.82) is 0 Å². The molecule has 2 aromatic carbocycles. The van der Waals surface area contributed by atoms with Gasteiger partial charge in [-0.25, -0.2) is 8.42 Å². The van der Waals surface area contributed by atoms with E-state index in [1.807, 2.05) is 13.0 Å². The molecule has 3 rings (SSSR count). The van der Waals surface area contributed by atoms with Crippen molar-refractivity contribution in [3.63, 3.8) is 0 Å². The predicted octanol–water partition coefficient (Wildman–Crippen LogP) is 3.65. The number of sulfonamides is 1. The number of aromatic nitrogens is 3. The van der Waals surface area contributed by atoms with Crippen LogP contribution in [0, 0.1) is 0 Å². The van der Waals surface area contributed by atoms with Gasteiger partial charge < -0.3 is 9.88 Å². The van der Waals surface area contributed by atoms with Gasteiger partial charge in [0.1, 0.15) is 0 Å². The molecule has 0 aliphatic carbocycles. The zero-order valence-corrected chi connectivity index (χ0v) is 19.4. The fourth-order valence-electron chi connectivity index (χ4n) is 2.86. The standard InChI is InChI=1S/C20H22ClN5O3S2/c1-3-25-18(13-26(31(2,28)29)15-9-5-4-6-10-15)23-24-20(25)30-14-19(27)22-17-12-8-7-11-16(17)21/h4-12H,3,13-14H2,1-2H3,(H,22,27). The van der Waals surface area contributed by atoms with Gasteiger partial charge in [-0.2, -0.15) is 0 Å². The number of nitrogens with one attached hydrogen (secondary N) is 1. The third-order valence-corrected chi connectivity index (χ3v) is 6.76. The van der Waals surface area contributed by atoms with Crippen LogP contribution in [-0.4, -0.2) is 41.1 Å². The van der Waals surface area contributed by atoms with Crippen LogP contribution in [0.5, 0.6) is 0 Å². The first-order valence-electron chi connectivity index (χ1n) is 9.41. The van der Waals surface area contributed by atoms with Gasteiger partial charge in [0.2, 0.25) is 15.9 Å². The summed E-state index contributed by atoms with van der Waals surface area (Å²) in [4.78, 5) is 12.3. The molecule has 0 unspecified atom stereocenters. The van der Waals surface area contributed by atoms with Crippen molar-refractivity contribution < 1.29 is 13.2 Å². The van der Waals surface area contributed by atoms with E-state index in [9.17, 15) is 13.2 Å². The van der Waals surface area contributed by atoms with Crippen LogP contribution in [0.3, 0.4) is 0 Å². The van der Waals surface area contributed by atoms with E-state index < -0.39 is 10.0 Å². The Bertz CT molecular complexity index is 1150. The van der Waals surface area contributed by atoms with Gasteiger partial charge in [-0.3, -0.25) is 9.10 Å². The highest BCUT2D eigenvalue weighted by molar-refractivity contribution is 7.99. The molecular weight excluding hydrogens is 458 g/mol. The summed E-state index contributed by atoms with van der Waals surface area (Å²) >= 11 is 7.29. The minimum Gasteiger partial charge on any atom is -0.324 e. The molecule has 0 saturated heterocycles. The highest BCUT2D eigenvalue weighted by Crippen LogP contribution is 2.24. The number of amides is 1. The Morgan fingerprint density at radius 3 is 2.45 bits per heavy atom. The van der Waals surface area contributed by atoms with Gasteiger partial charge in [0, 0.05) is 6.54 Å². The number of carbonyl (C=O) groups excluding carboxylic acids is 1. The van der Waals surface area contributed by atoms with Gasteiger partial charge in [-0.15, -0.1) is 10.2 Å². The number of nitrogens with zero attached hydrogens (tertiary/aromatic N) is 4. The van der Waals surface area contributed by atoms with E-state index in [1.165, 1.54) is 16.1 Å². The molecule has 31 heavy (non-hydrogen) atoms. The Balaban J connectivity index is 1.73. The van der Waals surface area contributed by atoms with Crippen molar-refractivity contribution in [2.75, 3.05) is 21.6 Å². The molecular formula is C20H22ClN5O3S2. The van der Waals surface area contributed by atoms with Crippen LogP contribution >= 0.6 is 23.4 Å². The fraction of sp³-hybridized carbons (Fsp3) is 0.250. The largest absolute Gasteiger partial charge is 0.324 e. The average molecular weight is 480 g/mol. The third kappa shape index (κ3) is 5.99. The molecule has 0 aliphatic heterocycles. The van der Waals surface area contributed by atoms with E-state index >= 15 is 0 Å². The van der Waals surface area contributed by atoms with E-state index in [0.717, 1.165) is 6.26 Å². The molecule has 164 valence electrons. The summed E-state index contributed by atoms with van der Waals surface area (Å²) in [6.45, 7) is 2.48. The van der Waals surface area contributed by atoms with Gasteiger partial charge in [0.25, 0.3) is 0 Å². The van der Waals surface area contributed by atoms with Crippen molar-refractivity contribution in [3.05, 3.63) is 65.4 Å². The van der Waals surface area contributed by atoms with Crippen LogP contribution in [0.1, 0.15) is 12.7 Å². The summed E-state index contributed by atoms with van der Waals surface area (Å²) in [6, 6.07) is 15.8. The second-order valence-electron chi connectivity index (χ2n) is 6.56. The molecule has 1 amide bonds. The second-order valence-corrected chi connectivity index (χ2v) is 9.82.